The van der Waals surface area contributed by atoms with Crippen molar-refractivity contribution >= 4 is 5.91 Å². The summed E-state index contributed by atoms with van der Waals surface area (Å²) in [5.74, 6) is 0.553. The van der Waals surface area contributed by atoms with Crippen molar-refractivity contribution in [2.24, 2.45) is 11.7 Å². The molecule has 3 N–H and O–H groups in total. The molecule has 1 heterocycles. The Labute approximate surface area is 78.8 Å². The van der Waals surface area contributed by atoms with Gasteiger partial charge in [-0.1, -0.05) is 6.92 Å². The van der Waals surface area contributed by atoms with Gasteiger partial charge in [-0.25, -0.2) is 0 Å². The van der Waals surface area contributed by atoms with Gasteiger partial charge in [-0.15, -0.1) is 0 Å². The third kappa shape index (κ3) is 3.74. The number of carbonyl (C=O) groups excluding carboxylic acids is 1. The summed E-state index contributed by atoms with van der Waals surface area (Å²) in [6, 6.07) is 0.251. The Morgan fingerprint density at radius 2 is 2.38 bits per heavy atom. The van der Waals surface area contributed by atoms with Crippen molar-refractivity contribution in [3.8, 4) is 0 Å². The molecule has 1 unspecified atom stereocenters. The molecule has 76 valence electrons. The van der Waals surface area contributed by atoms with Gasteiger partial charge in [-0.2, -0.15) is 0 Å². The number of ether oxygens (including phenoxy) is 1. The summed E-state index contributed by atoms with van der Waals surface area (Å²) in [6.45, 7) is 4.04. The number of amides is 1. The number of nitrogens with two attached hydrogens (primary N) is 1. The van der Waals surface area contributed by atoms with Crippen molar-refractivity contribution in [2.45, 2.75) is 25.8 Å². The van der Waals surface area contributed by atoms with Crippen LogP contribution in [0.15, 0.2) is 0 Å². The van der Waals surface area contributed by atoms with E-state index in [1.54, 1.807) is 0 Å². The summed E-state index contributed by atoms with van der Waals surface area (Å²) in [4.78, 5) is 11.3. The summed E-state index contributed by atoms with van der Waals surface area (Å²) in [5.41, 5.74) is 5.45. The molecule has 4 heteroatoms. The van der Waals surface area contributed by atoms with Crippen LogP contribution in [0.4, 0.5) is 0 Å². The Balaban J connectivity index is 2.03. The van der Waals surface area contributed by atoms with E-state index in [0.29, 0.717) is 32.1 Å². The van der Waals surface area contributed by atoms with Gasteiger partial charge in [0.15, 0.2) is 0 Å². The lowest BCUT2D eigenvalue weighted by Gasteiger charge is -2.26. The molecule has 1 saturated heterocycles. The third-order valence-electron chi connectivity index (χ3n) is 2.27. The van der Waals surface area contributed by atoms with Gasteiger partial charge in [0.1, 0.15) is 0 Å². The molecule has 13 heavy (non-hydrogen) atoms. The molecule has 0 aromatic heterocycles. The van der Waals surface area contributed by atoms with E-state index in [2.05, 4.69) is 12.2 Å². The largest absolute Gasteiger partial charge is 0.377 e. The van der Waals surface area contributed by atoms with Crippen molar-refractivity contribution in [1.82, 2.24) is 5.32 Å². The van der Waals surface area contributed by atoms with E-state index in [-0.39, 0.29) is 11.9 Å². The van der Waals surface area contributed by atoms with Crippen LogP contribution in [0.1, 0.15) is 19.8 Å². The van der Waals surface area contributed by atoms with Gasteiger partial charge in [0, 0.05) is 6.42 Å². The summed E-state index contributed by atoms with van der Waals surface area (Å²) >= 11 is 0. The van der Waals surface area contributed by atoms with Crippen LogP contribution in [-0.2, 0) is 9.53 Å². The first-order valence-electron chi connectivity index (χ1n) is 4.79. The molecule has 1 rings (SSSR count). The number of carbonyl (C=O) groups is 1. The van der Waals surface area contributed by atoms with Gasteiger partial charge in [-0.05, 0) is 18.9 Å². The van der Waals surface area contributed by atoms with Crippen LogP contribution in [0.3, 0.4) is 0 Å². The first-order chi connectivity index (χ1) is 6.22. The minimum atomic E-state index is 0.119. The fraction of sp³-hybridized carbons (Fsp3) is 0.889. The molecular formula is C9H18N2O2. The maximum absolute atomic E-state index is 11.3. The first kappa shape index (κ1) is 10.5. The minimum absolute atomic E-state index is 0.119. The lowest BCUT2D eigenvalue weighted by molar-refractivity contribution is -0.125. The summed E-state index contributed by atoms with van der Waals surface area (Å²) < 4.78 is 4.95. The predicted octanol–water partition coefficient (Wildman–Crippen LogP) is -0.124. The third-order valence-corrected chi connectivity index (χ3v) is 2.27. The monoisotopic (exact) mass is 186 g/mol. The molecule has 1 aliphatic heterocycles. The van der Waals surface area contributed by atoms with E-state index >= 15 is 0 Å². The average Bonchev–Trinajstić information content (AvgIpc) is 2.07. The Kier molecular flexibility index (Phi) is 4.18. The van der Waals surface area contributed by atoms with E-state index < -0.39 is 0 Å². The maximum atomic E-state index is 11.3. The van der Waals surface area contributed by atoms with Crippen molar-refractivity contribution < 1.29 is 9.53 Å². The summed E-state index contributed by atoms with van der Waals surface area (Å²) in [7, 11) is 0. The van der Waals surface area contributed by atoms with Crippen LogP contribution < -0.4 is 11.1 Å². The number of rotatable bonds is 5. The molecule has 1 amide bonds. The van der Waals surface area contributed by atoms with Crippen LogP contribution in [0.5, 0.6) is 0 Å². The summed E-state index contributed by atoms with van der Waals surface area (Å²) in [6.07, 6.45) is 1.45. The molecule has 1 aliphatic rings. The predicted molar refractivity (Wildman–Crippen MR) is 50.2 cm³/mol. The molecular weight excluding hydrogens is 168 g/mol. The number of nitrogens with one attached hydrogen (secondary N) is 1. The van der Waals surface area contributed by atoms with Crippen molar-refractivity contribution in [2.75, 3.05) is 19.8 Å². The highest BCUT2D eigenvalue weighted by atomic mass is 16.5. The van der Waals surface area contributed by atoms with Gasteiger partial charge in [0.25, 0.3) is 0 Å². The fourth-order valence-electron chi connectivity index (χ4n) is 1.11. The molecule has 0 bridgehead atoms. The van der Waals surface area contributed by atoms with Gasteiger partial charge >= 0.3 is 0 Å². The van der Waals surface area contributed by atoms with Crippen LogP contribution in [0, 0.1) is 5.92 Å². The molecule has 0 aliphatic carbocycles. The molecule has 1 atom stereocenters. The Morgan fingerprint density at radius 3 is 2.85 bits per heavy atom. The molecule has 0 aromatic carbocycles. The second-order valence-corrected chi connectivity index (χ2v) is 3.68. The Hall–Kier alpha value is -0.610. The van der Waals surface area contributed by atoms with Crippen LogP contribution in [0.25, 0.3) is 0 Å². The molecule has 1 fully saturated rings. The molecule has 0 radical (unpaired) electrons. The van der Waals surface area contributed by atoms with Crippen molar-refractivity contribution in [3.63, 3.8) is 0 Å². The highest BCUT2D eigenvalue weighted by molar-refractivity contribution is 5.76. The lowest BCUT2D eigenvalue weighted by Crippen LogP contribution is -2.48. The van der Waals surface area contributed by atoms with Gasteiger partial charge < -0.3 is 15.8 Å². The van der Waals surface area contributed by atoms with E-state index in [9.17, 15) is 4.79 Å². The second-order valence-electron chi connectivity index (χ2n) is 3.68. The van der Waals surface area contributed by atoms with E-state index in [1.165, 1.54) is 0 Å². The summed E-state index contributed by atoms with van der Waals surface area (Å²) in [5, 5.41) is 2.89. The molecule has 0 aromatic rings. The zero-order chi connectivity index (χ0) is 9.68. The standard InChI is InChI=1S/C9H18N2O2/c1-7(4-10)2-3-9(12)11-8-5-13-6-8/h7-8H,2-6,10H2,1H3,(H,11,12). The minimum Gasteiger partial charge on any atom is -0.377 e. The topological polar surface area (TPSA) is 64.4 Å². The van der Waals surface area contributed by atoms with Gasteiger partial charge in [0.05, 0.1) is 19.3 Å². The normalized spacial score (nSPS) is 19.2. The van der Waals surface area contributed by atoms with Crippen molar-refractivity contribution in [3.05, 3.63) is 0 Å². The Morgan fingerprint density at radius 1 is 1.69 bits per heavy atom. The quantitative estimate of drug-likeness (QED) is 0.629. The smallest absolute Gasteiger partial charge is 0.220 e. The van der Waals surface area contributed by atoms with E-state index in [1.807, 2.05) is 0 Å². The maximum Gasteiger partial charge on any atom is 0.220 e. The van der Waals surface area contributed by atoms with Crippen LogP contribution in [-0.4, -0.2) is 31.7 Å². The highest BCUT2D eigenvalue weighted by Crippen LogP contribution is 2.05. The first-order valence-corrected chi connectivity index (χ1v) is 4.79. The fourth-order valence-corrected chi connectivity index (χ4v) is 1.11. The zero-order valence-electron chi connectivity index (χ0n) is 8.08. The van der Waals surface area contributed by atoms with Gasteiger partial charge in [-0.3, -0.25) is 4.79 Å². The lowest BCUT2D eigenvalue weighted by atomic mass is 10.1. The van der Waals surface area contributed by atoms with Crippen LogP contribution in [0.2, 0.25) is 0 Å². The second kappa shape index (κ2) is 5.19. The van der Waals surface area contributed by atoms with Crippen molar-refractivity contribution in [1.29, 1.82) is 0 Å². The zero-order valence-corrected chi connectivity index (χ0v) is 8.08. The molecule has 0 saturated carbocycles. The molecule has 0 spiro atoms. The number of hydrogen-bond donors (Lipinski definition) is 2. The average molecular weight is 186 g/mol. The SMILES string of the molecule is CC(CN)CCC(=O)NC1COC1. The van der Waals surface area contributed by atoms with Gasteiger partial charge in [0.2, 0.25) is 5.91 Å². The van der Waals surface area contributed by atoms with Crippen LogP contribution >= 0.6 is 0 Å². The highest BCUT2D eigenvalue weighted by Gasteiger charge is 2.19. The molecule has 4 nitrogen and oxygen atoms in total. The van der Waals surface area contributed by atoms with E-state index in [0.717, 1.165) is 6.42 Å². The Bertz CT molecular complexity index is 169. The number of hydrogen-bond acceptors (Lipinski definition) is 3. The van der Waals surface area contributed by atoms with E-state index in [4.69, 9.17) is 10.5 Å².